The van der Waals surface area contributed by atoms with Gasteiger partial charge in [-0.25, -0.2) is 15.0 Å². The molecule has 0 saturated heterocycles. The zero-order valence-electron chi connectivity index (χ0n) is 26.1. The molecule has 222 valence electrons. The molecule has 8 rings (SSSR count). The predicted octanol–water partition coefficient (Wildman–Crippen LogP) is 10.4. The minimum atomic E-state index is -0.150. The van der Waals surface area contributed by atoms with Gasteiger partial charge < -0.3 is 0 Å². The number of hydrogen-bond donors (Lipinski definition) is 0. The summed E-state index contributed by atoms with van der Waals surface area (Å²) in [6.07, 6.45) is 0. The van der Waals surface area contributed by atoms with Crippen molar-refractivity contribution in [3.05, 3.63) is 162 Å². The predicted molar refractivity (Wildman–Crippen MR) is 189 cm³/mol. The van der Waals surface area contributed by atoms with Crippen molar-refractivity contribution in [3.8, 4) is 73.6 Å². The summed E-state index contributed by atoms with van der Waals surface area (Å²) in [5, 5.41) is 9.50. The van der Waals surface area contributed by atoms with E-state index in [4.69, 9.17) is 15.0 Å². The first kappa shape index (κ1) is 28.3. The second-order valence-corrected chi connectivity index (χ2v) is 12.5. The van der Waals surface area contributed by atoms with Crippen molar-refractivity contribution in [3.63, 3.8) is 0 Å². The van der Waals surface area contributed by atoms with Crippen LogP contribution in [0.15, 0.2) is 146 Å². The number of nitrogens with zero attached hydrogens (tertiary/aromatic N) is 4. The second kappa shape index (κ2) is 11.3. The Bertz CT molecular complexity index is 2280. The average molecular weight is 603 g/mol. The van der Waals surface area contributed by atoms with Gasteiger partial charge in [-0.05, 0) is 74.8 Å². The summed E-state index contributed by atoms with van der Waals surface area (Å²) in [6.45, 7) is 4.53. The molecule has 1 aromatic heterocycles. The van der Waals surface area contributed by atoms with Gasteiger partial charge in [0.15, 0.2) is 17.5 Å². The third-order valence-electron chi connectivity index (χ3n) is 9.15. The summed E-state index contributed by atoms with van der Waals surface area (Å²) in [5.41, 5.74) is 12.8. The Morgan fingerprint density at radius 2 is 0.915 bits per heavy atom. The first-order valence-electron chi connectivity index (χ1n) is 15.8. The number of benzene rings is 6. The van der Waals surface area contributed by atoms with Crippen LogP contribution in [0, 0.1) is 11.3 Å². The fraction of sp³-hybridized carbons (Fsp3) is 0.0698. The van der Waals surface area contributed by atoms with E-state index >= 15 is 0 Å². The van der Waals surface area contributed by atoms with E-state index in [-0.39, 0.29) is 5.41 Å². The molecule has 0 bridgehead atoms. The molecule has 0 spiro atoms. The summed E-state index contributed by atoms with van der Waals surface area (Å²) in [4.78, 5) is 14.7. The van der Waals surface area contributed by atoms with Gasteiger partial charge in [-0.1, -0.05) is 129 Å². The largest absolute Gasteiger partial charge is 0.208 e. The fourth-order valence-corrected chi connectivity index (χ4v) is 6.66. The number of hydrogen-bond acceptors (Lipinski definition) is 4. The van der Waals surface area contributed by atoms with E-state index in [1.54, 1.807) is 0 Å². The highest BCUT2D eigenvalue weighted by molar-refractivity contribution is 5.85. The van der Waals surface area contributed by atoms with Crippen LogP contribution < -0.4 is 0 Å². The molecule has 7 aromatic rings. The molecule has 0 unspecified atom stereocenters. The lowest BCUT2D eigenvalue weighted by atomic mass is 9.81. The minimum absolute atomic E-state index is 0.150. The summed E-state index contributed by atoms with van der Waals surface area (Å²) < 4.78 is 0. The molecule has 0 radical (unpaired) electrons. The standard InChI is InChI=1S/C43H30N4/c1-43(2)38-22-19-28(27-44)23-37(38)36-21-20-34(26-39(36)43)32-16-9-15-31(24-32)33-17-10-18-35(25-33)42-46-40(29-11-5-3-6-12-29)45-41(47-42)30-13-7-4-8-14-30/h3-26H,1-2H3. The number of rotatable bonds is 5. The Morgan fingerprint density at radius 3 is 1.49 bits per heavy atom. The smallest absolute Gasteiger partial charge is 0.164 e. The molecule has 1 heterocycles. The van der Waals surface area contributed by atoms with E-state index in [1.807, 2.05) is 72.8 Å². The van der Waals surface area contributed by atoms with Gasteiger partial charge in [0.1, 0.15) is 0 Å². The molecule has 0 saturated carbocycles. The molecule has 1 aliphatic carbocycles. The van der Waals surface area contributed by atoms with E-state index < -0.39 is 0 Å². The van der Waals surface area contributed by atoms with Crippen molar-refractivity contribution in [1.82, 2.24) is 15.0 Å². The van der Waals surface area contributed by atoms with Crippen molar-refractivity contribution >= 4 is 0 Å². The highest BCUT2D eigenvalue weighted by Crippen LogP contribution is 2.50. The Balaban J connectivity index is 1.18. The van der Waals surface area contributed by atoms with Crippen LogP contribution in [0.4, 0.5) is 0 Å². The molecule has 0 amide bonds. The number of nitriles is 1. The molecular formula is C43H30N4. The second-order valence-electron chi connectivity index (χ2n) is 12.5. The average Bonchev–Trinajstić information content (AvgIpc) is 3.37. The number of fused-ring (bicyclic) bond motifs is 3. The van der Waals surface area contributed by atoms with E-state index in [9.17, 15) is 5.26 Å². The zero-order valence-corrected chi connectivity index (χ0v) is 26.1. The maximum atomic E-state index is 9.50. The molecule has 4 heteroatoms. The Labute approximate surface area is 274 Å². The molecule has 47 heavy (non-hydrogen) atoms. The van der Waals surface area contributed by atoms with E-state index in [2.05, 4.69) is 92.7 Å². The maximum absolute atomic E-state index is 9.50. The van der Waals surface area contributed by atoms with Crippen LogP contribution in [0.2, 0.25) is 0 Å². The first-order valence-corrected chi connectivity index (χ1v) is 15.8. The van der Waals surface area contributed by atoms with Crippen molar-refractivity contribution in [2.75, 3.05) is 0 Å². The monoisotopic (exact) mass is 602 g/mol. The van der Waals surface area contributed by atoms with Crippen molar-refractivity contribution in [2.24, 2.45) is 0 Å². The Kier molecular flexibility index (Phi) is 6.82. The summed E-state index contributed by atoms with van der Waals surface area (Å²) >= 11 is 0. The van der Waals surface area contributed by atoms with Crippen LogP contribution in [-0.2, 0) is 5.41 Å². The van der Waals surface area contributed by atoms with Crippen LogP contribution in [0.1, 0.15) is 30.5 Å². The van der Waals surface area contributed by atoms with Crippen molar-refractivity contribution in [2.45, 2.75) is 19.3 Å². The third-order valence-corrected chi connectivity index (χ3v) is 9.15. The van der Waals surface area contributed by atoms with Crippen molar-refractivity contribution < 1.29 is 0 Å². The lowest BCUT2D eigenvalue weighted by molar-refractivity contribution is 0.660. The fourth-order valence-electron chi connectivity index (χ4n) is 6.66. The topological polar surface area (TPSA) is 62.5 Å². The molecular weight excluding hydrogens is 573 g/mol. The van der Waals surface area contributed by atoms with E-state index in [0.717, 1.165) is 38.9 Å². The lowest BCUT2D eigenvalue weighted by Crippen LogP contribution is -2.15. The summed E-state index contributed by atoms with van der Waals surface area (Å²) in [5.74, 6) is 1.93. The van der Waals surface area contributed by atoms with Gasteiger partial charge in [0.2, 0.25) is 0 Å². The molecule has 0 fully saturated rings. The highest BCUT2D eigenvalue weighted by Gasteiger charge is 2.35. The molecule has 0 atom stereocenters. The Hall–Kier alpha value is -6.18. The summed E-state index contributed by atoms with van der Waals surface area (Å²) in [6, 6.07) is 52.3. The first-order chi connectivity index (χ1) is 23.0. The Morgan fingerprint density at radius 1 is 0.426 bits per heavy atom. The number of aromatic nitrogens is 3. The minimum Gasteiger partial charge on any atom is -0.208 e. The normalized spacial score (nSPS) is 12.6. The zero-order chi connectivity index (χ0) is 32.0. The van der Waals surface area contributed by atoms with Gasteiger partial charge in [0, 0.05) is 22.1 Å². The van der Waals surface area contributed by atoms with Crippen LogP contribution in [0.5, 0.6) is 0 Å². The maximum Gasteiger partial charge on any atom is 0.164 e. The van der Waals surface area contributed by atoms with Gasteiger partial charge >= 0.3 is 0 Å². The van der Waals surface area contributed by atoms with Crippen LogP contribution in [0.25, 0.3) is 67.5 Å². The van der Waals surface area contributed by atoms with E-state index in [0.29, 0.717) is 23.0 Å². The molecule has 4 nitrogen and oxygen atoms in total. The van der Waals surface area contributed by atoms with E-state index in [1.165, 1.54) is 22.3 Å². The molecule has 0 N–H and O–H groups in total. The van der Waals surface area contributed by atoms with Crippen LogP contribution in [0.3, 0.4) is 0 Å². The van der Waals surface area contributed by atoms with Gasteiger partial charge in [0.25, 0.3) is 0 Å². The SMILES string of the molecule is CC1(C)c2ccc(C#N)cc2-c2ccc(-c3cccc(-c4cccc(-c5nc(-c6ccccc6)nc(-c6ccccc6)n5)c4)c3)cc21. The molecule has 6 aromatic carbocycles. The van der Waals surface area contributed by atoms with Gasteiger partial charge in [-0.15, -0.1) is 0 Å². The summed E-state index contributed by atoms with van der Waals surface area (Å²) in [7, 11) is 0. The van der Waals surface area contributed by atoms with Crippen LogP contribution >= 0.6 is 0 Å². The highest BCUT2D eigenvalue weighted by atomic mass is 15.0. The molecule has 1 aliphatic rings. The van der Waals surface area contributed by atoms with Crippen LogP contribution in [-0.4, -0.2) is 15.0 Å². The van der Waals surface area contributed by atoms with Crippen molar-refractivity contribution in [1.29, 1.82) is 5.26 Å². The third kappa shape index (κ3) is 5.09. The van der Waals surface area contributed by atoms with Gasteiger partial charge in [-0.2, -0.15) is 5.26 Å². The molecule has 0 aliphatic heterocycles. The quantitative estimate of drug-likeness (QED) is 0.197. The van der Waals surface area contributed by atoms with Gasteiger partial charge in [0.05, 0.1) is 11.6 Å². The van der Waals surface area contributed by atoms with Gasteiger partial charge in [-0.3, -0.25) is 0 Å². The lowest BCUT2D eigenvalue weighted by Gasteiger charge is -2.22.